The molecule has 1 fully saturated rings. The lowest BCUT2D eigenvalue weighted by atomic mass is 10.2. The van der Waals surface area contributed by atoms with E-state index >= 15 is 0 Å². The summed E-state index contributed by atoms with van der Waals surface area (Å²) in [5, 5.41) is 3.28. The van der Waals surface area contributed by atoms with Crippen LogP contribution in [0, 0.1) is 0 Å². The van der Waals surface area contributed by atoms with Crippen molar-refractivity contribution in [2.75, 3.05) is 13.2 Å². The smallest absolute Gasteiger partial charge is 0.378 e. The minimum atomic E-state index is -4.10. The van der Waals surface area contributed by atoms with Crippen LogP contribution in [0.25, 0.3) is 0 Å². The monoisotopic (exact) mass is 225 g/mol. The van der Waals surface area contributed by atoms with E-state index in [0.29, 0.717) is 6.04 Å². The van der Waals surface area contributed by atoms with Gasteiger partial charge in [0, 0.05) is 6.04 Å². The highest BCUT2D eigenvalue weighted by Gasteiger charge is 2.29. The lowest BCUT2D eigenvalue weighted by molar-refractivity contribution is -0.148. The summed E-state index contributed by atoms with van der Waals surface area (Å²) in [4.78, 5) is 0. The van der Waals surface area contributed by atoms with Crippen molar-refractivity contribution in [3.8, 4) is 0 Å². The number of nitrogens with one attached hydrogen (secondary N) is 1. The minimum Gasteiger partial charge on any atom is -0.378 e. The normalized spacial score (nSPS) is 27.2. The van der Waals surface area contributed by atoms with Crippen LogP contribution in [-0.2, 0) is 4.74 Å². The topological polar surface area (TPSA) is 21.3 Å². The molecule has 0 saturated heterocycles. The Morgan fingerprint density at radius 2 is 2.07 bits per heavy atom. The van der Waals surface area contributed by atoms with Gasteiger partial charge in [-0.05, 0) is 25.8 Å². The molecule has 0 aromatic carbocycles. The van der Waals surface area contributed by atoms with E-state index in [1.54, 1.807) is 0 Å². The van der Waals surface area contributed by atoms with E-state index in [4.69, 9.17) is 4.74 Å². The number of hydrogen-bond acceptors (Lipinski definition) is 2. The third kappa shape index (κ3) is 5.37. The molecular weight excluding hydrogens is 207 g/mol. The Labute approximate surface area is 88.2 Å². The first-order chi connectivity index (χ1) is 7.01. The number of rotatable bonds is 5. The summed E-state index contributed by atoms with van der Waals surface area (Å²) in [6, 6.07) is 0.422. The molecule has 1 rings (SSSR count). The molecule has 1 aliphatic carbocycles. The molecule has 0 aliphatic heterocycles. The molecule has 0 heterocycles. The number of halogens is 3. The Bertz CT molecular complexity index is 184. The average molecular weight is 225 g/mol. The highest BCUT2D eigenvalue weighted by molar-refractivity contribution is 4.80. The first kappa shape index (κ1) is 12.8. The third-order valence-corrected chi connectivity index (χ3v) is 2.62. The van der Waals surface area contributed by atoms with Crippen LogP contribution in [0.2, 0.25) is 0 Å². The second kappa shape index (κ2) is 5.70. The molecule has 5 heteroatoms. The Morgan fingerprint density at radius 3 is 2.67 bits per heavy atom. The maximum atomic E-state index is 11.8. The van der Waals surface area contributed by atoms with Gasteiger partial charge in [-0.2, -0.15) is 13.2 Å². The molecule has 2 nitrogen and oxygen atoms in total. The molecule has 1 saturated carbocycles. The van der Waals surface area contributed by atoms with E-state index in [-0.39, 0.29) is 12.7 Å². The molecule has 0 spiro atoms. The van der Waals surface area contributed by atoms with Crippen molar-refractivity contribution in [1.29, 1.82) is 0 Å². The van der Waals surface area contributed by atoms with Gasteiger partial charge in [-0.15, -0.1) is 0 Å². The quantitative estimate of drug-likeness (QED) is 0.776. The van der Waals surface area contributed by atoms with Gasteiger partial charge in [0.25, 0.3) is 0 Å². The summed E-state index contributed by atoms with van der Waals surface area (Å²) in [5.74, 6) is 0. The first-order valence-corrected chi connectivity index (χ1v) is 5.43. The van der Waals surface area contributed by atoms with Crippen molar-refractivity contribution >= 4 is 0 Å². The summed E-state index contributed by atoms with van der Waals surface area (Å²) >= 11 is 0. The van der Waals surface area contributed by atoms with Crippen molar-refractivity contribution in [2.24, 2.45) is 0 Å². The fourth-order valence-corrected chi connectivity index (χ4v) is 1.91. The Morgan fingerprint density at radius 1 is 1.33 bits per heavy atom. The van der Waals surface area contributed by atoms with Crippen molar-refractivity contribution in [3.63, 3.8) is 0 Å². The van der Waals surface area contributed by atoms with Gasteiger partial charge in [0.2, 0.25) is 0 Å². The van der Waals surface area contributed by atoms with E-state index in [2.05, 4.69) is 5.32 Å². The van der Waals surface area contributed by atoms with Crippen molar-refractivity contribution in [2.45, 2.75) is 50.9 Å². The van der Waals surface area contributed by atoms with Crippen molar-refractivity contribution < 1.29 is 17.9 Å². The van der Waals surface area contributed by atoms with E-state index < -0.39 is 12.6 Å². The number of hydrogen-bond donors (Lipinski definition) is 1. The maximum Gasteiger partial charge on any atom is 0.391 e. The zero-order chi connectivity index (χ0) is 11.3. The summed E-state index contributed by atoms with van der Waals surface area (Å²) in [5.41, 5.74) is 0. The molecule has 0 aromatic heterocycles. The molecule has 0 amide bonds. The van der Waals surface area contributed by atoms with Gasteiger partial charge in [0.05, 0.1) is 19.1 Å². The third-order valence-electron chi connectivity index (χ3n) is 2.62. The zero-order valence-electron chi connectivity index (χ0n) is 8.94. The molecule has 0 bridgehead atoms. The van der Waals surface area contributed by atoms with Crippen LogP contribution in [0.1, 0.15) is 32.6 Å². The second-order valence-corrected chi connectivity index (χ2v) is 3.93. The number of alkyl halides is 3. The van der Waals surface area contributed by atoms with Crippen LogP contribution in [0.3, 0.4) is 0 Å². The standard InChI is InChI=1S/C10H18F3NO/c1-2-14-8-3-4-9(7-8)15-6-5-10(11,12)13/h8-9,14H,2-7H2,1H3. The summed E-state index contributed by atoms with van der Waals surface area (Å²) in [6.45, 7) is 2.73. The summed E-state index contributed by atoms with van der Waals surface area (Å²) < 4.78 is 40.7. The van der Waals surface area contributed by atoms with Crippen LogP contribution in [0.15, 0.2) is 0 Å². The predicted octanol–water partition coefficient (Wildman–Crippen LogP) is 2.49. The molecule has 1 N–H and O–H groups in total. The fourth-order valence-electron chi connectivity index (χ4n) is 1.91. The first-order valence-electron chi connectivity index (χ1n) is 5.43. The molecule has 15 heavy (non-hydrogen) atoms. The second-order valence-electron chi connectivity index (χ2n) is 3.93. The van der Waals surface area contributed by atoms with Crippen LogP contribution in [0.4, 0.5) is 13.2 Å². The average Bonchev–Trinajstić information content (AvgIpc) is 2.51. The highest BCUT2D eigenvalue weighted by atomic mass is 19.4. The van der Waals surface area contributed by atoms with E-state index in [1.807, 2.05) is 6.92 Å². The summed E-state index contributed by atoms with van der Waals surface area (Å²) in [7, 11) is 0. The van der Waals surface area contributed by atoms with Crippen molar-refractivity contribution in [3.05, 3.63) is 0 Å². The van der Waals surface area contributed by atoms with Crippen LogP contribution in [0.5, 0.6) is 0 Å². The largest absolute Gasteiger partial charge is 0.391 e. The number of ether oxygens (including phenoxy) is 1. The van der Waals surface area contributed by atoms with E-state index in [1.165, 1.54) is 0 Å². The molecule has 1 aliphatic rings. The van der Waals surface area contributed by atoms with Crippen LogP contribution < -0.4 is 5.32 Å². The van der Waals surface area contributed by atoms with Gasteiger partial charge in [-0.25, -0.2) is 0 Å². The van der Waals surface area contributed by atoms with Gasteiger partial charge in [-0.3, -0.25) is 0 Å². The van der Waals surface area contributed by atoms with E-state index in [0.717, 1.165) is 25.8 Å². The maximum absolute atomic E-state index is 11.8. The fraction of sp³-hybridized carbons (Fsp3) is 1.00. The Kier molecular flexibility index (Phi) is 4.86. The Hall–Kier alpha value is -0.290. The molecule has 2 atom stereocenters. The minimum absolute atomic E-state index is 0.0106. The van der Waals surface area contributed by atoms with Crippen molar-refractivity contribution in [1.82, 2.24) is 5.32 Å². The SMILES string of the molecule is CCNC1CCC(OCCC(F)(F)F)C1. The van der Waals surface area contributed by atoms with Crippen LogP contribution in [-0.4, -0.2) is 31.5 Å². The highest BCUT2D eigenvalue weighted by Crippen LogP contribution is 2.24. The lowest BCUT2D eigenvalue weighted by Gasteiger charge is -2.13. The van der Waals surface area contributed by atoms with E-state index in [9.17, 15) is 13.2 Å². The van der Waals surface area contributed by atoms with Gasteiger partial charge in [-0.1, -0.05) is 6.92 Å². The molecule has 0 aromatic rings. The molecule has 90 valence electrons. The molecule has 2 unspecified atom stereocenters. The molecule has 0 radical (unpaired) electrons. The summed E-state index contributed by atoms with van der Waals surface area (Å²) in [6.07, 6.45) is -2.21. The lowest BCUT2D eigenvalue weighted by Crippen LogP contribution is -2.27. The van der Waals surface area contributed by atoms with Gasteiger partial charge in [0.15, 0.2) is 0 Å². The van der Waals surface area contributed by atoms with Gasteiger partial charge < -0.3 is 10.1 Å². The van der Waals surface area contributed by atoms with Gasteiger partial charge in [0.1, 0.15) is 0 Å². The van der Waals surface area contributed by atoms with Gasteiger partial charge >= 0.3 is 6.18 Å². The molecular formula is C10H18F3NO. The predicted molar refractivity (Wildman–Crippen MR) is 51.7 cm³/mol. The Balaban J connectivity index is 2.09. The van der Waals surface area contributed by atoms with Crippen LogP contribution >= 0.6 is 0 Å². The zero-order valence-corrected chi connectivity index (χ0v) is 8.94.